The first-order valence-electron chi connectivity index (χ1n) is 5.97. The van der Waals surface area contributed by atoms with Crippen LogP contribution in [0, 0.1) is 5.92 Å². The van der Waals surface area contributed by atoms with Gasteiger partial charge in [-0.25, -0.2) is 4.79 Å². The molecule has 0 bridgehead atoms. The Kier molecular flexibility index (Phi) is 3.35. The minimum atomic E-state index is -1.05. The maximum atomic E-state index is 12.2. The summed E-state index contributed by atoms with van der Waals surface area (Å²) >= 11 is 0. The smallest absolute Gasteiger partial charge is 0.326 e. The third-order valence-corrected chi connectivity index (χ3v) is 3.73. The number of likely N-dealkylation sites (tertiary alicyclic amines) is 1. The summed E-state index contributed by atoms with van der Waals surface area (Å²) in [6, 6.07) is -1.07. The van der Waals surface area contributed by atoms with E-state index in [1.807, 2.05) is 0 Å². The molecule has 3 unspecified atom stereocenters. The molecule has 1 heterocycles. The molecule has 4 N–H and O–H groups in total. The summed E-state index contributed by atoms with van der Waals surface area (Å²) < 4.78 is 0. The van der Waals surface area contributed by atoms with Crippen LogP contribution in [0.3, 0.4) is 0 Å². The predicted molar refractivity (Wildman–Crippen MR) is 59.1 cm³/mol. The van der Waals surface area contributed by atoms with E-state index >= 15 is 0 Å². The molecule has 6 nitrogen and oxygen atoms in total. The minimum absolute atomic E-state index is 0.110. The first-order valence-corrected chi connectivity index (χ1v) is 5.97. The lowest BCUT2D eigenvalue weighted by molar-refractivity contribution is -0.150. The summed E-state index contributed by atoms with van der Waals surface area (Å²) in [4.78, 5) is 24.5. The number of nitrogens with zero attached hydrogens (tertiary/aromatic N) is 1. The summed E-state index contributed by atoms with van der Waals surface area (Å²) in [5, 5.41) is 18.5. The van der Waals surface area contributed by atoms with Crippen molar-refractivity contribution in [1.29, 1.82) is 0 Å². The number of nitrogens with two attached hydrogens (primary N) is 1. The Bertz CT molecular complexity index is 333. The second-order valence-electron chi connectivity index (χ2n) is 4.94. The molecule has 96 valence electrons. The zero-order valence-corrected chi connectivity index (χ0v) is 9.58. The zero-order chi connectivity index (χ0) is 12.6. The normalized spacial score (nSPS) is 37.4. The van der Waals surface area contributed by atoms with Crippen LogP contribution in [0.25, 0.3) is 0 Å². The monoisotopic (exact) mass is 242 g/mol. The lowest BCUT2D eigenvalue weighted by Gasteiger charge is -2.26. The van der Waals surface area contributed by atoms with E-state index < -0.39 is 18.1 Å². The van der Waals surface area contributed by atoms with Gasteiger partial charge in [0.1, 0.15) is 6.04 Å². The van der Waals surface area contributed by atoms with Gasteiger partial charge in [0.15, 0.2) is 0 Å². The average molecular weight is 242 g/mol. The molecule has 0 radical (unpaired) electrons. The second kappa shape index (κ2) is 4.62. The van der Waals surface area contributed by atoms with Crippen LogP contribution in [0.5, 0.6) is 0 Å². The van der Waals surface area contributed by atoms with E-state index in [1.165, 1.54) is 4.90 Å². The molecule has 6 heteroatoms. The Labute approximate surface area is 99.4 Å². The van der Waals surface area contributed by atoms with Crippen molar-refractivity contribution in [2.45, 2.75) is 43.9 Å². The summed E-state index contributed by atoms with van der Waals surface area (Å²) in [6.07, 6.45) is 1.82. The Balaban J connectivity index is 2.10. The molecule has 4 atom stereocenters. The highest BCUT2D eigenvalue weighted by Crippen LogP contribution is 2.29. The SMILES string of the molecule is NC1CCCC1C(=O)N1CC(O)C[C@H]1C(=O)O. The van der Waals surface area contributed by atoms with E-state index in [1.54, 1.807) is 0 Å². The van der Waals surface area contributed by atoms with Gasteiger partial charge in [0.2, 0.25) is 5.91 Å². The van der Waals surface area contributed by atoms with Crippen molar-refractivity contribution in [3.8, 4) is 0 Å². The van der Waals surface area contributed by atoms with Crippen molar-refractivity contribution in [2.75, 3.05) is 6.54 Å². The molecule has 1 amide bonds. The molecule has 0 aromatic rings. The molecule has 2 rings (SSSR count). The number of β-amino-alcohol motifs (C(OH)–C–C–N with tert-alkyl or cyclic N) is 1. The molecule has 0 aromatic carbocycles. The van der Waals surface area contributed by atoms with Gasteiger partial charge in [-0.1, -0.05) is 6.42 Å². The zero-order valence-electron chi connectivity index (χ0n) is 9.58. The average Bonchev–Trinajstić information content (AvgIpc) is 2.83. The van der Waals surface area contributed by atoms with E-state index in [0.29, 0.717) is 0 Å². The quantitative estimate of drug-likeness (QED) is 0.585. The number of carbonyl (C=O) groups excluding carboxylic acids is 1. The van der Waals surface area contributed by atoms with Crippen molar-refractivity contribution in [2.24, 2.45) is 11.7 Å². The van der Waals surface area contributed by atoms with Crippen LogP contribution < -0.4 is 5.73 Å². The number of aliphatic hydroxyl groups is 1. The number of amides is 1. The van der Waals surface area contributed by atoms with Crippen LogP contribution in [0.1, 0.15) is 25.7 Å². The molecular weight excluding hydrogens is 224 g/mol. The molecule has 2 fully saturated rings. The number of carbonyl (C=O) groups is 2. The Morgan fingerprint density at radius 3 is 2.53 bits per heavy atom. The molecule has 0 aromatic heterocycles. The van der Waals surface area contributed by atoms with Crippen LogP contribution in [0.2, 0.25) is 0 Å². The van der Waals surface area contributed by atoms with Gasteiger partial charge in [0.25, 0.3) is 0 Å². The van der Waals surface area contributed by atoms with Crippen LogP contribution in [-0.4, -0.2) is 51.7 Å². The number of aliphatic carboxylic acids is 1. The summed E-state index contributed by atoms with van der Waals surface area (Å²) in [5.74, 6) is -1.54. The van der Waals surface area contributed by atoms with Gasteiger partial charge in [0, 0.05) is 19.0 Å². The molecule has 1 aliphatic heterocycles. The van der Waals surface area contributed by atoms with Gasteiger partial charge < -0.3 is 20.8 Å². The van der Waals surface area contributed by atoms with Crippen molar-refractivity contribution in [3.63, 3.8) is 0 Å². The maximum absolute atomic E-state index is 12.2. The molecule has 2 aliphatic rings. The highest BCUT2D eigenvalue weighted by atomic mass is 16.4. The summed E-state index contributed by atoms with van der Waals surface area (Å²) in [5.41, 5.74) is 5.85. The van der Waals surface area contributed by atoms with Gasteiger partial charge >= 0.3 is 5.97 Å². The fourth-order valence-corrected chi connectivity index (χ4v) is 2.80. The maximum Gasteiger partial charge on any atom is 0.326 e. The minimum Gasteiger partial charge on any atom is -0.480 e. The van der Waals surface area contributed by atoms with Gasteiger partial charge in [-0.2, -0.15) is 0 Å². The van der Waals surface area contributed by atoms with E-state index in [0.717, 1.165) is 19.3 Å². The van der Waals surface area contributed by atoms with Crippen molar-refractivity contribution < 1.29 is 19.8 Å². The van der Waals surface area contributed by atoms with Gasteiger partial charge in [-0.15, -0.1) is 0 Å². The number of aliphatic hydroxyl groups excluding tert-OH is 1. The highest BCUT2D eigenvalue weighted by molar-refractivity contribution is 5.86. The van der Waals surface area contributed by atoms with E-state index in [2.05, 4.69) is 0 Å². The fraction of sp³-hybridized carbons (Fsp3) is 0.818. The molecule has 0 spiro atoms. The molecule has 1 saturated carbocycles. The van der Waals surface area contributed by atoms with Crippen molar-refractivity contribution in [3.05, 3.63) is 0 Å². The first kappa shape index (κ1) is 12.3. The highest BCUT2D eigenvalue weighted by Gasteiger charge is 2.43. The van der Waals surface area contributed by atoms with Crippen LogP contribution >= 0.6 is 0 Å². The Morgan fingerprint density at radius 1 is 1.29 bits per heavy atom. The largest absolute Gasteiger partial charge is 0.480 e. The van der Waals surface area contributed by atoms with Gasteiger partial charge in [-0.05, 0) is 12.8 Å². The second-order valence-corrected chi connectivity index (χ2v) is 4.94. The first-order chi connectivity index (χ1) is 8.00. The Hall–Kier alpha value is -1.14. The summed E-state index contributed by atoms with van der Waals surface area (Å²) in [7, 11) is 0. The predicted octanol–water partition coefficient (Wildman–Crippen LogP) is -0.840. The van der Waals surface area contributed by atoms with Crippen LogP contribution in [0.4, 0.5) is 0 Å². The number of rotatable bonds is 2. The topological polar surface area (TPSA) is 104 Å². The molecule has 1 saturated heterocycles. The lowest BCUT2D eigenvalue weighted by atomic mass is 10.0. The van der Waals surface area contributed by atoms with E-state index in [9.17, 15) is 14.7 Å². The number of hydrogen-bond donors (Lipinski definition) is 3. The lowest BCUT2D eigenvalue weighted by Crippen LogP contribution is -2.46. The standard InChI is InChI=1S/C11H18N2O4/c12-8-3-1-2-7(8)10(15)13-5-6(14)4-9(13)11(16)17/h6-9,14H,1-5,12H2,(H,16,17)/t6?,7?,8?,9-/m0/s1. The Morgan fingerprint density at radius 2 is 2.00 bits per heavy atom. The van der Waals surface area contributed by atoms with Crippen molar-refractivity contribution >= 4 is 11.9 Å². The van der Waals surface area contributed by atoms with E-state index in [4.69, 9.17) is 10.8 Å². The van der Waals surface area contributed by atoms with Crippen molar-refractivity contribution in [1.82, 2.24) is 4.90 Å². The fourth-order valence-electron chi connectivity index (χ4n) is 2.80. The van der Waals surface area contributed by atoms with E-state index in [-0.39, 0.29) is 30.8 Å². The number of hydrogen-bond acceptors (Lipinski definition) is 4. The molecule has 1 aliphatic carbocycles. The number of carboxylic acid groups (broad SMARTS) is 1. The summed E-state index contributed by atoms with van der Waals surface area (Å²) in [6.45, 7) is 0.110. The van der Waals surface area contributed by atoms with Crippen LogP contribution in [0.15, 0.2) is 0 Å². The number of carboxylic acids is 1. The molecular formula is C11H18N2O4. The van der Waals surface area contributed by atoms with Gasteiger partial charge in [0.05, 0.1) is 12.0 Å². The third kappa shape index (κ3) is 2.28. The third-order valence-electron chi connectivity index (χ3n) is 3.73. The van der Waals surface area contributed by atoms with Crippen LogP contribution in [-0.2, 0) is 9.59 Å². The van der Waals surface area contributed by atoms with Gasteiger partial charge in [-0.3, -0.25) is 4.79 Å². The molecule has 17 heavy (non-hydrogen) atoms.